The number of amides is 1. The van der Waals surface area contributed by atoms with Crippen molar-refractivity contribution in [2.75, 3.05) is 14.1 Å². The highest BCUT2D eigenvalue weighted by molar-refractivity contribution is 5.72. The van der Waals surface area contributed by atoms with Gasteiger partial charge in [0.2, 0.25) is 5.91 Å². The summed E-state index contributed by atoms with van der Waals surface area (Å²) in [6.45, 7) is 10.6. The SMILES string of the molecule is CC.CC.CC(=O)O.CN.CNC(C)=O.NNN. The summed E-state index contributed by atoms with van der Waals surface area (Å²) in [5.74, 6) is 7.92. The largest absolute Gasteiger partial charge is 0.481 e. The molecule has 0 aromatic heterocycles. The van der Waals surface area contributed by atoms with Crippen LogP contribution in [0.15, 0.2) is 0 Å². The van der Waals surface area contributed by atoms with Crippen molar-refractivity contribution in [3.05, 3.63) is 0 Å². The molecule has 0 spiro atoms. The first-order valence-corrected chi connectivity index (χ1v) is 5.54. The van der Waals surface area contributed by atoms with Gasteiger partial charge in [0.15, 0.2) is 0 Å². The summed E-state index contributed by atoms with van der Waals surface area (Å²) in [6.07, 6.45) is 0. The fourth-order valence-electron chi connectivity index (χ4n) is 0. The van der Waals surface area contributed by atoms with E-state index in [2.05, 4.69) is 22.7 Å². The summed E-state index contributed by atoms with van der Waals surface area (Å²) in [5.41, 5.74) is 6.25. The van der Waals surface area contributed by atoms with Crippen molar-refractivity contribution < 1.29 is 14.7 Å². The number of nitrogens with one attached hydrogen (secondary N) is 2. The fourth-order valence-corrected chi connectivity index (χ4v) is 0. The summed E-state index contributed by atoms with van der Waals surface area (Å²) in [5, 5.41) is 9.81. The molecule has 0 rings (SSSR count). The van der Waals surface area contributed by atoms with Crippen LogP contribution in [0.1, 0.15) is 41.5 Å². The summed E-state index contributed by atoms with van der Waals surface area (Å²) in [6, 6.07) is 0. The van der Waals surface area contributed by atoms with Crippen LogP contribution in [-0.2, 0) is 9.59 Å². The van der Waals surface area contributed by atoms with E-state index in [1.807, 2.05) is 27.7 Å². The van der Waals surface area contributed by atoms with Crippen molar-refractivity contribution in [3.8, 4) is 0 Å². The predicted molar refractivity (Wildman–Crippen MR) is 77.4 cm³/mol. The molecule has 0 unspecified atom stereocenters. The third-order valence-electron chi connectivity index (χ3n) is 0.352. The molecule has 116 valence electrons. The first kappa shape index (κ1) is 36.0. The molecular weight excluding hydrogens is 238 g/mol. The number of carboxylic acids is 1. The zero-order chi connectivity index (χ0) is 16.6. The highest BCUT2D eigenvalue weighted by atomic mass is 16.4. The van der Waals surface area contributed by atoms with Crippen molar-refractivity contribution in [2.45, 2.75) is 41.5 Å². The van der Waals surface area contributed by atoms with Gasteiger partial charge in [0, 0.05) is 20.9 Å². The quantitative estimate of drug-likeness (QED) is 0.263. The van der Waals surface area contributed by atoms with Gasteiger partial charge in [-0.2, -0.15) is 5.53 Å². The Morgan fingerprint density at radius 2 is 1.00 bits per heavy atom. The molecular formula is C10H33N5O3. The van der Waals surface area contributed by atoms with Gasteiger partial charge >= 0.3 is 0 Å². The minimum absolute atomic E-state index is 0.00463. The second kappa shape index (κ2) is 75.0. The van der Waals surface area contributed by atoms with Crippen molar-refractivity contribution in [1.82, 2.24) is 10.9 Å². The number of carboxylic acid groups (broad SMARTS) is 1. The van der Waals surface area contributed by atoms with E-state index in [9.17, 15) is 4.79 Å². The second-order valence-electron chi connectivity index (χ2n) is 1.49. The molecule has 9 N–H and O–H groups in total. The van der Waals surface area contributed by atoms with Crippen LogP contribution in [0.2, 0.25) is 0 Å². The molecule has 0 aliphatic rings. The van der Waals surface area contributed by atoms with Gasteiger partial charge in [0.25, 0.3) is 5.97 Å². The van der Waals surface area contributed by atoms with E-state index < -0.39 is 5.97 Å². The highest BCUT2D eigenvalue weighted by Gasteiger charge is 1.72. The molecule has 0 saturated carbocycles. The van der Waals surface area contributed by atoms with E-state index in [-0.39, 0.29) is 5.91 Å². The maximum atomic E-state index is 9.70. The molecule has 0 atom stereocenters. The maximum absolute atomic E-state index is 9.70. The van der Waals surface area contributed by atoms with Crippen LogP contribution in [0.25, 0.3) is 0 Å². The number of carbonyl (C=O) groups is 2. The smallest absolute Gasteiger partial charge is 0.300 e. The minimum Gasteiger partial charge on any atom is -0.481 e. The first-order chi connectivity index (χ1) is 8.42. The number of hydrogen-bond donors (Lipinski definition) is 6. The topological polar surface area (TPSA) is 156 Å². The zero-order valence-electron chi connectivity index (χ0n) is 13.0. The van der Waals surface area contributed by atoms with E-state index in [4.69, 9.17) is 9.90 Å². The molecule has 1 amide bonds. The van der Waals surface area contributed by atoms with E-state index >= 15 is 0 Å². The molecule has 0 heterocycles. The molecule has 0 aliphatic heterocycles. The molecule has 0 aromatic rings. The molecule has 0 aliphatic carbocycles. The third kappa shape index (κ3) is 4610. The lowest BCUT2D eigenvalue weighted by molar-refractivity contribution is -0.134. The number of rotatable bonds is 0. The van der Waals surface area contributed by atoms with Gasteiger partial charge in [-0.15, -0.1) is 0 Å². The maximum Gasteiger partial charge on any atom is 0.300 e. The Morgan fingerprint density at radius 3 is 1.00 bits per heavy atom. The average molecular weight is 271 g/mol. The lowest BCUT2D eigenvalue weighted by atomic mass is 10.7. The Bertz CT molecular complexity index is 120. The molecule has 0 aromatic carbocycles. The van der Waals surface area contributed by atoms with Crippen LogP contribution in [0.3, 0.4) is 0 Å². The van der Waals surface area contributed by atoms with E-state index in [1.165, 1.54) is 14.0 Å². The van der Waals surface area contributed by atoms with E-state index in [0.29, 0.717) is 0 Å². The normalized spacial score (nSPS) is 5.28. The summed E-state index contributed by atoms with van der Waals surface area (Å²) in [7, 11) is 3.10. The van der Waals surface area contributed by atoms with Gasteiger partial charge in [0.05, 0.1) is 0 Å². The summed E-state index contributed by atoms with van der Waals surface area (Å²) >= 11 is 0. The molecule has 0 bridgehead atoms. The molecule has 0 radical (unpaired) electrons. The van der Waals surface area contributed by atoms with E-state index in [1.54, 1.807) is 12.6 Å². The van der Waals surface area contributed by atoms with Crippen molar-refractivity contribution in [2.24, 2.45) is 17.4 Å². The molecule has 8 heteroatoms. The van der Waals surface area contributed by atoms with Gasteiger partial charge < -0.3 is 16.2 Å². The van der Waals surface area contributed by atoms with Crippen LogP contribution >= 0.6 is 0 Å². The molecule has 0 saturated heterocycles. The number of aliphatic carboxylic acids is 1. The average Bonchev–Trinajstić information content (AvgIpc) is 2.37. The van der Waals surface area contributed by atoms with E-state index in [0.717, 1.165) is 6.92 Å². The number of carbonyl (C=O) groups excluding carboxylic acids is 1. The van der Waals surface area contributed by atoms with Crippen molar-refractivity contribution in [1.29, 1.82) is 0 Å². The lowest BCUT2D eigenvalue weighted by Gasteiger charge is -1.80. The van der Waals surface area contributed by atoms with Gasteiger partial charge in [0.1, 0.15) is 0 Å². The number of nitrogens with two attached hydrogens (primary N) is 3. The summed E-state index contributed by atoms with van der Waals surface area (Å²) in [4.78, 5) is 18.7. The van der Waals surface area contributed by atoms with Gasteiger partial charge in [-0.25, -0.2) is 0 Å². The fraction of sp³-hybridized carbons (Fsp3) is 0.800. The van der Waals surface area contributed by atoms with Gasteiger partial charge in [-0.3, -0.25) is 21.3 Å². The number of hydrogen-bond acceptors (Lipinski definition) is 6. The standard InChI is InChI=1S/C3H7NO.C2H4O2.2C2H6.CH5N.H5N3/c1-3(5)4-2;1-2(3)4;3*1-2;1-3-2/h1-2H3,(H,4,5);1H3,(H,3,4);2*1-2H3;2H2,1H3;3H,1-2H2. The first-order valence-electron chi connectivity index (χ1n) is 5.54. The van der Waals surface area contributed by atoms with Gasteiger partial charge in [-0.05, 0) is 7.05 Å². The molecule has 0 fully saturated rings. The molecule has 8 nitrogen and oxygen atoms in total. The van der Waals surface area contributed by atoms with Crippen molar-refractivity contribution in [3.63, 3.8) is 0 Å². The third-order valence-corrected chi connectivity index (χ3v) is 0.352. The minimum atomic E-state index is -0.833. The second-order valence-corrected chi connectivity index (χ2v) is 1.49. The van der Waals surface area contributed by atoms with Crippen LogP contribution in [-0.4, -0.2) is 31.1 Å². The lowest BCUT2D eigenvalue weighted by Crippen LogP contribution is -2.29. The molecule has 18 heavy (non-hydrogen) atoms. The van der Waals surface area contributed by atoms with Crippen LogP contribution in [0.4, 0.5) is 0 Å². The Morgan fingerprint density at radius 1 is 0.944 bits per heavy atom. The Hall–Kier alpha value is -1.22. The number of hydrazine groups is 2. The zero-order valence-corrected chi connectivity index (χ0v) is 13.0. The highest BCUT2D eigenvalue weighted by Crippen LogP contribution is 1.45. The van der Waals surface area contributed by atoms with Crippen LogP contribution in [0, 0.1) is 0 Å². The Kier molecular flexibility index (Phi) is 150. The van der Waals surface area contributed by atoms with Crippen LogP contribution in [0.5, 0.6) is 0 Å². The Balaban J connectivity index is -0.0000000253. The Labute approximate surface area is 111 Å². The predicted octanol–water partition coefficient (Wildman–Crippen LogP) is -0.206. The van der Waals surface area contributed by atoms with Gasteiger partial charge in [-0.1, -0.05) is 27.7 Å². The monoisotopic (exact) mass is 271 g/mol. The van der Waals surface area contributed by atoms with Crippen LogP contribution < -0.4 is 28.3 Å². The van der Waals surface area contributed by atoms with Crippen molar-refractivity contribution >= 4 is 11.9 Å². The summed E-state index contributed by atoms with van der Waals surface area (Å²) < 4.78 is 0.